The van der Waals surface area contributed by atoms with Crippen molar-refractivity contribution in [2.75, 3.05) is 7.11 Å². The Morgan fingerprint density at radius 1 is 1.40 bits per heavy atom. The molecule has 0 aliphatic heterocycles. The molecule has 1 aromatic carbocycles. The average molecular weight is 301 g/mol. The van der Waals surface area contributed by atoms with Gasteiger partial charge in [-0.15, -0.1) is 0 Å². The van der Waals surface area contributed by atoms with Crippen molar-refractivity contribution in [3.05, 3.63) is 22.7 Å². The third kappa shape index (κ3) is 3.79. The van der Waals surface area contributed by atoms with Gasteiger partial charge >= 0.3 is 5.97 Å². The SMILES string of the molecule is COc1ccc(Cl)c(CC(C)(C)C(=O)O)c1OC(C)C. The fraction of sp³-hybridized carbons (Fsp3) is 0.533. The molecular formula is C15H21ClO4. The van der Waals surface area contributed by atoms with Gasteiger partial charge in [-0.05, 0) is 46.2 Å². The summed E-state index contributed by atoms with van der Waals surface area (Å²) in [5.41, 5.74) is -0.280. The van der Waals surface area contributed by atoms with E-state index in [-0.39, 0.29) is 12.5 Å². The molecule has 20 heavy (non-hydrogen) atoms. The molecule has 0 unspecified atom stereocenters. The van der Waals surface area contributed by atoms with E-state index in [1.54, 1.807) is 33.1 Å². The van der Waals surface area contributed by atoms with Crippen molar-refractivity contribution in [3.63, 3.8) is 0 Å². The quantitative estimate of drug-likeness (QED) is 0.868. The first-order valence-corrected chi connectivity index (χ1v) is 6.82. The van der Waals surface area contributed by atoms with Crippen molar-refractivity contribution >= 4 is 17.6 Å². The molecule has 0 bridgehead atoms. The molecule has 0 atom stereocenters. The summed E-state index contributed by atoms with van der Waals surface area (Å²) in [5, 5.41) is 9.76. The highest BCUT2D eigenvalue weighted by Crippen LogP contribution is 2.40. The van der Waals surface area contributed by atoms with Gasteiger partial charge in [0.1, 0.15) is 0 Å². The fourth-order valence-electron chi connectivity index (χ4n) is 1.79. The standard InChI is InChI=1S/C15H21ClO4/c1-9(2)20-13-10(8-15(3,4)14(17)18)11(16)6-7-12(13)19-5/h6-7,9H,8H2,1-5H3,(H,17,18). The van der Waals surface area contributed by atoms with E-state index in [9.17, 15) is 9.90 Å². The molecule has 0 saturated heterocycles. The number of benzene rings is 1. The smallest absolute Gasteiger partial charge is 0.309 e. The highest BCUT2D eigenvalue weighted by atomic mass is 35.5. The van der Waals surface area contributed by atoms with Gasteiger partial charge in [-0.2, -0.15) is 0 Å². The summed E-state index contributed by atoms with van der Waals surface area (Å²) in [6.45, 7) is 7.10. The van der Waals surface area contributed by atoms with Gasteiger partial charge in [0.2, 0.25) is 0 Å². The lowest BCUT2D eigenvalue weighted by molar-refractivity contribution is -0.146. The van der Waals surface area contributed by atoms with Crippen molar-refractivity contribution in [2.24, 2.45) is 5.41 Å². The van der Waals surface area contributed by atoms with Gasteiger partial charge in [-0.25, -0.2) is 0 Å². The van der Waals surface area contributed by atoms with E-state index < -0.39 is 11.4 Å². The molecule has 0 aromatic heterocycles. The van der Waals surface area contributed by atoms with E-state index in [2.05, 4.69) is 0 Å². The first-order valence-electron chi connectivity index (χ1n) is 6.44. The zero-order chi connectivity index (χ0) is 15.5. The molecule has 0 radical (unpaired) electrons. The third-order valence-corrected chi connectivity index (χ3v) is 3.29. The summed E-state index contributed by atoms with van der Waals surface area (Å²) in [7, 11) is 1.54. The van der Waals surface area contributed by atoms with Crippen LogP contribution in [0.5, 0.6) is 11.5 Å². The Morgan fingerprint density at radius 2 is 2.00 bits per heavy atom. The number of ether oxygens (including phenoxy) is 2. The topological polar surface area (TPSA) is 55.8 Å². The van der Waals surface area contributed by atoms with Gasteiger partial charge < -0.3 is 14.6 Å². The van der Waals surface area contributed by atoms with Crippen LogP contribution in [0.1, 0.15) is 33.3 Å². The normalized spacial score (nSPS) is 11.6. The molecule has 1 aromatic rings. The number of halogens is 1. The summed E-state index contributed by atoms with van der Waals surface area (Å²) in [5.74, 6) is 0.190. The van der Waals surface area contributed by atoms with Crippen LogP contribution in [0.2, 0.25) is 5.02 Å². The average Bonchev–Trinajstić information content (AvgIpc) is 2.33. The summed E-state index contributed by atoms with van der Waals surface area (Å²) >= 11 is 6.22. The van der Waals surface area contributed by atoms with Crippen LogP contribution in [0.15, 0.2) is 12.1 Å². The lowest BCUT2D eigenvalue weighted by atomic mass is 9.85. The molecule has 1 rings (SSSR count). The minimum absolute atomic E-state index is 0.0611. The van der Waals surface area contributed by atoms with E-state index in [0.717, 1.165) is 0 Å². The minimum Gasteiger partial charge on any atom is -0.493 e. The van der Waals surface area contributed by atoms with Crippen molar-refractivity contribution in [1.29, 1.82) is 0 Å². The molecule has 0 spiro atoms. The van der Waals surface area contributed by atoms with Crippen LogP contribution >= 0.6 is 11.6 Å². The Labute approximate surface area is 124 Å². The number of methoxy groups -OCH3 is 1. The summed E-state index contributed by atoms with van der Waals surface area (Å²) < 4.78 is 11.1. The first-order chi connectivity index (χ1) is 9.19. The Morgan fingerprint density at radius 3 is 2.45 bits per heavy atom. The Kier molecular flexibility index (Phi) is 5.28. The number of aliphatic carboxylic acids is 1. The van der Waals surface area contributed by atoms with Gasteiger partial charge in [-0.1, -0.05) is 11.6 Å². The van der Waals surface area contributed by atoms with E-state index in [1.807, 2.05) is 13.8 Å². The number of carboxylic acids is 1. The number of hydrogen-bond donors (Lipinski definition) is 1. The molecule has 0 fully saturated rings. The second kappa shape index (κ2) is 6.35. The van der Waals surface area contributed by atoms with Crippen molar-refractivity contribution in [2.45, 2.75) is 40.2 Å². The number of hydrogen-bond acceptors (Lipinski definition) is 3. The predicted molar refractivity (Wildman–Crippen MR) is 78.9 cm³/mol. The largest absolute Gasteiger partial charge is 0.493 e. The lowest BCUT2D eigenvalue weighted by Gasteiger charge is -2.24. The van der Waals surface area contributed by atoms with Crippen LogP contribution in [0.25, 0.3) is 0 Å². The Hall–Kier alpha value is -1.42. The van der Waals surface area contributed by atoms with Crippen LogP contribution in [0, 0.1) is 5.41 Å². The number of carbonyl (C=O) groups is 1. The lowest BCUT2D eigenvalue weighted by Crippen LogP contribution is -2.27. The monoisotopic (exact) mass is 300 g/mol. The van der Waals surface area contributed by atoms with Gasteiger partial charge in [0.25, 0.3) is 0 Å². The second-order valence-corrected chi connectivity index (χ2v) is 6.00. The van der Waals surface area contributed by atoms with E-state index >= 15 is 0 Å². The van der Waals surface area contributed by atoms with Crippen LogP contribution in [0.3, 0.4) is 0 Å². The predicted octanol–water partition coefficient (Wildman–Crippen LogP) is 3.79. The molecule has 0 saturated carbocycles. The molecule has 0 aliphatic rings. The van der Waals surface area contributed by atoms with Crippen molar-refractivity contribution in [3.8, 4) is 11.5 Å². The van der Waals surface area contributed by atoms with Crippen molar-refractivity contribution in [1.82, 2.24) is 0 Å². The Bertz CT molecular complexity index is 495. The highest BCUT2D eigenvalue weighted by molar-refractivity contribution is 6.31. The fourth-order valence-corrected chi connectivity index (χ4v) is 2.01. The molecule has 4 nitrogen and oxygen atoms in total. The van der Waals surface area contributed by atoms with Crippen LogP contribution < -0.4 is 9.47 Å². The molecule has 112 valence electrons. The number of carboxylic acid groups (broad SMARTS) is 1. The molecule has 0 amide bonds. The van der Waals surface area contributed by atoms with Crippen LogP contribution in [0.4, 0.5) is 0 Å². The summed E-state index contributed by atoms with van der Waals surface area (Å²) in [6.07, 6.45) is 0.203. The molecular weight excluding hydrogens is 280 g/mol. The van der Waals surface area contributed by atoms with E-state index in [4.69, 9.17) is 21.1 Å². The maximum Gasteiger partial charge on any atom is 0.309 e. The first kappa shape index (κ1) is 16.6. The molecule has 1 N–H and O–H groups in total. The van der Waals surface area contributed by atoms with E-state index in [0.29, 0.717) is 22.1 Å². The zero-order valence-electron chi connectivity index (χ0n) is 12.5. The minimum atomic E-state index is -0.939. The van der Waals surface area contributed by atoms with Crippen LogP contribution in [-0.4, -0.2) is 24.3 Å². The maximum atomic E-state index is 11.3. The highest BCUT2D eigenvalue weighted by Gasteiger charge is 2.31. The van der Waals surface area contributed by atoms with Gasteiger partial charge in [-0.3, -0.25) is 4.79 Å². The summed E-state index contributed by atoms with van der Waals surface area (Å²) in [4.78, 5) is 11.3. The molecule has 0 heterocycles. The van der Waals surface area contributed by atoms with Gasteiger partial charge in [0, 0.05) is 10.6 Å². The second-order valence-electron chi connectivity index (χ2n) is 5.59. The molecule has 0 aliphatic carbocycles. The van der Waals surface area contributed by atoms with E-state index in [1.165, 1.54) is 0 Å². The van der Waals surface area contributed by atoms with Gasteiger partial charge in [0.15, 0.2) is 11.5 Å². The van der Waals surface area contributed by atoms with Crippen LogP contribution in [-0.2, 0) is 11.2 Å². The summed E-state index contributed by atoms with van der Waals surface area (Å²) in [6, 6.07) is 3.41. The zero-order valence-corrected chi connectivity index (χ0v) is 13.2. The van der Waals surface area contributed by atoms with Crippen molar-refractivity contribution < 1.29 is 19.4 Å². The number of rotatable bonds is 6. The van der Waals surface area contributed by atoms with Gasteiger partial charge in [0.05, 0.1) is 18.6 Å². The third-order valence-electron chi connectivity index (χ3n) is 2.94. The maximum absolute atomic E-state index is 11.3. The Balaban J connectivity index is 3.32. The molecule has 5 heteroatoms.